The third-order valence-corrected chi connectivity index (χ3v) is 12.5. The van der Waals surface area contributed by atoms with E-state index in [4.69, 9.17) is 37.5 Å². The van der Waals surface area contributed by atoms with Crippen LogP contribution in [0.25, 0.3) is 0 Å². The number of aromatic nitrogens is 2. The molecule has 0 bridgehead atoms. The van der Waals surface area contributed by atoms with Crippen LogP contribution in [0.5, 0.6) is 11.5 Å². The van der Waals surface area contributed by atoms with Crippen LogP contribution in [0, 0.1) is 11.3 Å². The molecule has 67 heavy (non-hydrogen) atoms. The number of ether oxygens (including phenoxy) is 6. The minimum Gasteiger partial charge on any atom is -0.497 e. The van der Waals surface area contributed by atoms with Gasteiger partial charge in [0, 0.05) is 31.7 Å². The van der Waals surface area contributed by atoms with E-state index in [0.717, 1.165) is 10.1 Å². The van der Waals surface area contributed by atoms with Gasteiger partial charge in [0.2, 0.25) is 5.91 Å². The lowest BCUT2D eigenvalue weighted by atomic mass is 9.80. The quantitative estimate of drug-likeness (QED) is 0.0321. The van der Waals surface area contributed by atoms with Crippen LogP contribution in [0.15, 0.2) is 95.9 Å². The SMILES string of the molecule is COc1ccc(C(OC[C@H]2O[C@@H](n3ccc(NC(C)=O)nc3=O)[C@H](OCOCCNC(=O)C(F)(F)F)[C@@H]2OP(OCCC#N)N(C(C)C)C(C)C)(c2ccccc2)c2ccc(OC)cc2)cc1. The highest BCUT2D eigenvalue weighted by atomic mass is 31.2. The Balaban J connectivity index is 1.65. The van der Waals surface area contributed by atoms with E-state index >= 15 is 0 Å². The van der Waals surface area contributed by atoms with Crippen LogP contribution >= 0.6 is 8.53 Å². The first kappa shape index (κ1) is 52.5. The number of hydrogen-bond donors (Lipinski definition) is 2. The number of hydrogen-bond acceptors (Lipinski definition) is 14. The predicted molar refractivity (Wildman–Crippen MR) is 240 cm³/mol. The van der Waals surface area contributed by atoms with E-state index in [9.17, 15) is 32.8 Å². The summed E-state index contributed by atoms with van der Waals surface area (Å²) < 4.78 is 92.1. The topological polar surface area (TPSA) is 194 Å². The molecule has 5 rings (SSSR count). The molecule has 2 amide bonds. The predicted octanol–water partition coefficient (Wildman–Crippen LogP) is 6.82. The Morgan fingerprint density at radius 1 is 0.896 bits per heavy atom. The summed E-state index contributed by atoms with van der Waals surface area (Å²) in [7, 11) is 1.11. The maximum atomic E-state index is 13.8. The number of alkyl halides is 3. The van der Waals surface area contributed by atoms with Crippen LogP contribution in [0.1, 0.15) is 64.0 Å². The smallest absolute Gasteiger partial charge is 0.471 e. The molecule has 0 spiro atoms. The Bertz CT molecular complexity index is 2250. The number of nitrogens with zero attached hydrogens (tertiary/aromatic N) is 4. The highest BCUT2D eigenvalue weighted by Gasteiger charge is 2.52. The third kappa shape index (κ3) is 13.6. The van der Waals surface area contributed by atoms with Crippen molar-refractivity contribution in [3.8, 4) is 17.6 Å². The molecule has 2 heterocycles. The van der Waals surface area contributed by atoms with Gasteiger partial charge in [-0.3, -0.25) is 14.2 Å². The number of methoxy groups -OCH3 is 2. The monoisotopic (exact) mass is 956 g/mol. The van der Waals surface area contributed by atoms with Crippen molar-refractivity contribution >= 4 is 26.2 Å². The maximum absolute atomic E-state index is 13.8. The number of halogens is 3. The number of benzene rings is 3. The minimum absolute atomic E-state index is 0.00857. The van der Waals surface area contributed by atoms with Crippen LogP contribution in [-0.2, 0) is 43.2 Å². The van der Waals surface area contributed by atoms with Gasteiger partial charge in [0.25, 0.3) is 8.53 Å². The molecule has 2 N–H and O–H groups in total. The van der Waals surface area contributed by atoms with Crippen molar-refractivity contribution < 1.29 is 60.2 Å². The number of carbonyl (C=O) groups excluding carboxylic acids is 2. The first-order valence-electron chi connectivity index (χ1n) is 21.3. The lowest BCUT2D eigenvalue weighted by Crippen LogP contribution is -2.43. The molecule has 1 saturated heterocycles. The largest absolute Gasteiger partial charge is 0.497 e. The average molecular weight is 957 g/mol. The van der Waals surface area contributed by atoms with Gasteiger partial charge in [0.15, 0.2) is 6.23 Å². The molecule has 0 aliphatic carbocycles. The van der Waals surface area contributed by atoms with Crippen molar-refractivity contribution in [3.63, 3.8) is 0 Å². The molecule has 5 atom stereocenters. The lowest BCUT2D eigenvalue weighted by Gasteiger charge is -2.39. The van der Waals surface area contributed by atoms with Crippen molar-refractivity contribution in [2.75, 3.05) is 52.7 Å². The van der Waals surface area contributed by atoms with Crippen LogP contribution < -0.4 is 25.8 Å². The molecular formula is C46H56F3N6O11P. The second kappa shape index (κ2) is 24.5. The molecule has 1 aliphatic rings. The zero-order valence-electron chi connectivity index (χ0n) is 38.2. The van der Waals surface area contributed by atoms with Crippen molar-refractivity contribution in [1.82, 2.24) is 19.5 Å². The second-order valence-electron chi connectivity index (χ2n) is 15.6. The first-order chi connectivity index (χ1) is 32.0. The van der Waals surface area contributed by atoms with Gasteiger partial charge in [-0.25, -0.2) is 9.46 Å². The van der Waals surface area contributed by atoms with E-state index in [2.05, 4.69) is 16.4 Å². The van der Waals surface area contributed by atoms with Gasteiger partial charge in [-0.15, -0.1) is 0 Å². The van der Waals surface area contributed by atoms with Gasteiger partial charge in [-0.05, 0) is 74.7 Å². The number of anilines is 1. The van der Waals surface area contributed by atoms with Gasteiger partial charge < -0.3 is 48.1 Å². The minimum atomic E-state index is -5.09. The van der Waals surface area contributed by atoms with Crippen LogP contribution in [0.4, 0.5) is 19.0 Å². The number of nitrogens with one attached hydrogen (secondary N) is 2. The Morgan fingerprint density at radius 2 is 1.49 bits per heavy atom. The molecule has 17 nitrogen and oxygen atoms in total. The summed E-state index contributed by atoms with van der Waals surface area (Å²) in [5.41, 5.74) is -0.0391. The summed E-state index contributed by atoms with van der Waals surface area (Å²) in [6.45, 7) is 7.42. The summed E-state index contributed by atoms with van der Waals surface area (Å²) >= 11 is 0. The molecule has 21 heteroatoms. The molecule has 0 radical (unpaired) electrons. The Kier molecular flexibility index (Phi) is 19.2. The molecular weight excluding hydrogens is 901 g/mol. The Hall–Kier alpha value is -5.49. The first-order valence-corrected chi connectivity index (χ1v) is 22.5. The van der Waals surface area contributed by atoms with Crippen molar-refractivity contribution in [2.24, 2.45) is 0 Å². The molecule has 0 saturated carbocycles. The van der Waals surface area contributed by atoms with Gasteiger partial charge >= 0.3 is 17.8 Å². The van der Waals surface area contributed by atoms with E-state index in [1.165, 1.54) is 19.2 Å². The van der Waals surface area contributed by atoms with E-state index in [-0.39, 0.29) is 44.1 Å². The zero-order valence-corrected chi connectivity index (χ0v) is 39.1. The van der Waals surface area contributed by atoms with Gasteiger partial charge in [-0.2, -0.15) is 23.4 Å². The summed E-state index contributed by atoms with van der Waals surface area (Å²) in [6, 6.07) is 27.5. The third-order valence-electron chi connectivity index (χ3n) is 10.3. The standard InChI is InChI=1S/C46H56F3N6O11P/c1-30(2)55(31(3)4)67(64-26-11-23-50)66-40-38(28-63-45(33-12-9-8-10-13-33,34-14-18-36(59-6)19-15-34)35-16-20-37(60-7)21-17-35)65-42(54-25-22-39(52-32(5)56)53-44(54)58)41(40)62-29-61-27-24-51-43(57)46(47,48)49/h8-10,12-22,25,30-31,38,40-42H,11,24,26-29H2,1-7H3,(H,51,57)(H,52,53,56,58)/t38-,40-,41-,42-,67?/m1/s1. The van der Waals surface area contributed by atoms with Crippen molar-refractivity contribution in [3.05, 3.63) is 118 Å². The van der Waals surface area contributed by atoms with Crippen LogP contribution in [0.3, 0.4) is 0 Å². The van der Waals surface area contributed by atoms with Crippen molar-refractivity contribution in [1.29, 1.82) is 5.26 Å². The summed E-state index contributed by atoms with van der Waals surface area (Å²) in [5, 5.41) is 13.7. The molecule has 1 unspecified atom stereocenters. The fraction of sp³-hybridized carbons (Fsp3) is 0.457. The second-order valence-corrected chi connectivity index (χ2v) is 17.0. The molecule has 362 valence electrons. The summed E-state index contributed by atoms with van der Waals surface area (Å²) in [5.74, 6) is -1.40. The normalized spacial score (nSPS) is 17.9. The number of nitriles is 1. The van der Waals surface area contributed by atoms with Gasteiger partial charge in [0.1, 0.15) is 48.0 Å². The van der Waals surface area contributed by atoms with Gasteiger partial charge in [0.05, 0.1) is 46.5 Å². The molecule has 1 aromatic heterocycles. The van der Waals surface area contributed by atoms with Crippen LogP contribution in [0.2, 0.25) is 0 Å². The molecule has 4 aromatic rings. The molecule has 3 aromatic carbocycles. The average Bonchev–Trinajstić information content (AvgIpc) is 3.63. The van der Waals surface area contributed by atoms with E-state index < -0.39 is 75.7 Å². The highest BCUT2D eigenvalue weighted by molar-refractivity contribution is 7.44. The van der Waals surface area contributed by atoms with Gasteiger partial charge in [-0.1, -0.05) is 54.6 Å². The van der Waals surface area contributed by atoms with E-state index in [1.54, 1.807) is 19.5 Å². The molecule has 1 aliphatic heterocycles. The van der Waals surface area contributed by atoms with Crippen molar-refractivity contribution in [2.45, 2.75) is 89.4 Å². The highest BCUT2D eigenvalue weighted by Crippen LogP contribution is 2.51. The summed E-state index contributed by atoms with van der Waals surface area (Å²) in [6.07, 6.45) is -8.50. The maximum Gasteiger partial charge on any atom is 0.471 e. The van der Waals surface area contributed by atoms with E-state index in [0.29, 0.717) is 22.6 Å². The Morgan fingerprint density at radius 3 is 2.01 bits per heavy atom. The number of rotatable bonds is 24. The van der Waals surface area contributed by atoms with Crippen LogP contribution in [-0.4, -0.2) is 110 Å². The fourth-order valence-corrected chi connectivity index (χ4v) is 9.20. The fourth-order valence-electron chi connectivity index (χ4n) is 7.43. The molecule has 1 fully saturated rings. The zero-order chi connectivity index (χ0) is 48.7. The number of amides is 2. The summed E-state index contributed by atoms with van der Waals surface area (Å²) in [4.78, 5) is 41.2. The lowest BCUT2D eigenvalue weighted by molar-refractivity contribution is -0.174. The Labute approximate surface area is 388 Å². The number of carbonyl (C=O) groups is 2. The van der Waals surface area contributed by atoms with E-state index in [1.807, 2.05) is 111 Å².